The molecular weight excluding hydrogens is 332 g/mol. The Kier molecular flexibility index (Phi) is 6.68. The molecule has 0 radical (unpaired) electrons. The number of non-ortho nitro benzene ring substituents is 1. The van der Waals surface area contributed by atoms with E-state index >= 15 is 0 Å². The van der Waals surface area contributed by atoms with Gasteiger partial charge in [0.15, 0.2) is 0 Å². The van der Waals surface area contributed by atoms with Crippen LogP contribution in [0.3, 0.4) is 0 Å². The van der Waals surface area contributed by atoms with Crippen LogP contribution in [0.4, 0.5) is 11.4 Å². The van der Waals surface area contributed by atoms with Crippen LogP contribution in [0.15, 0.2) is 48.5 Å². The Bertz CT molecular complexity index is 795. The fourth-order valence-electron chi connectivity index (χ4n) is 2.41. The number of nitrogens with one attached hydrogen (secondary N) is 1. The van der Waals surface area contributed by atoms with E-state index < -0.39 is 4.92 Å². The van der Waals surface area contributed by atoms with Gasteiger partial charge in [0.25, 0.3) is 5.69 Å². The quantitative estimate of drug-likeness (QED) is 0.446. The van der Waals surface area contributed by atoms with Crippen LogP contribution in [0.5, 0.6) is 0 Å². The zero-order chi connectivity index (χ0) is 18.9. The van der Waals surface area contributed by atoms with Crippen molar-refractivity contribution in [3.8, 4) is 6.07 Å². The highest BCUT2D eigenvalue weighted by Crippen LogP contribution is 2.15. The lowest BCUT2D eigenvalue weighted by Crippen LogP contribution is -2.26. The first-order chi connectivity index (χ1) is 12.5. The van der Waals surface area contributed by atoms with Crippen molar-refractivity contribution in [2.24, 2.45) is 0 Å². The maximum Gasteiger partial charge on any atom is 0.269 e. The summed E-state index contributed by atoms with van der Waals surface area (Å²) in [7, 11) is 1.75. The van der Waals surface area contributed by atoms with Crippen molar-refractivity contribution in [3.05, 3.63) is 69.8 Å². The molecule has 0 fully saturated rings. The fraction of sp³-hybridized carbons (Fsp3) is 0.263. The zero-order valence-corrected chi connectivity index (χ0v) is 14.5. The van der Waals surface area contributed by atoms with Crippen LogP contribution >= 0.6 is 0 Å². The summed E-state index contributed by atoms with van der Waals surface area (Å²) >= 11 is 0. The molecule has 0 spiro atoms. The van der Waals surface area contributed by atoms with Crippen molar-refractivity contribution in [2.45, 2.75) is 19.4 Å². The van der Waals surface area contributed by atoms with Gasteiger partial charge in [-0.15, -0.1) is 0 Å². The van der Waals surface area contributed by atoms with Crippen molar-refractivity contribution in [1.29, 1.82) is 5.26 Å². The second-order valence-corrected chi connectivity index (χ2v) is 5.89. The van der Waals surface area contributed by atoms with E-state index in [1.807, 2.05) is 12.1 Å². The zero-order valence-electron chi connectivity index (χ0n) is 14.5. The van der Waals surface area contributed by atoms with Crippen LogP contribution in [-0.2, 0) is 11.3 Å². The highest BCUT2D eigenvalue weighted by molar-refractivity contribution is 5.75. The van der Waals surface area contributed by atoms with Crippen LogP contribution in [0.25, 0.3) is 0 Å². The van der Waals surface area contributed by atoms with Gasteiger partial charge in [0.1, 0.15) is 0 Å². The molecule has 134 valence electrons. The number of nitrogens with zero attached hydrogens (tertiary/aromatic N) is 3. The Labute approximate surface area is 152 Å². The van der Waals surface area contributed by atoms with Gasteiger partial charge in [-0.2, -0.15) is 5.26 Å². The molecule has 0 unspecified atom stereocenters. The number of anilines is 1. The number of hydrogen-bond donors (Lipinski definition) is 1. The van der Waals surface area contributed by atoms with E-state index in [0.29, 0.717) is 31.5 Å². The second kappa shape index (κ2) is 9.18. The lowest BCUT2D eigenvalue weighted by molar-refractivity contribution is -0.384. The minimum atomic E-state index is -0.438. The number of nitro groups is 1. The van der Waals surface area contributed by atoms with Crippen molar-refractivity contribution in [2.75, 3.05) is 18.9 Å². The Morgan fingerprint density at radius 3 is 2.42 bits per heavy atom. The third-order valence-corrected chi connectivity index (χ3v) is 3.90. The standard InChI is InChI=1S/C19H20N4O3/c1-22(14-16-6-4-15(13-20)5-7-16)19(24)3-2-12-21-17-8-10-18(11-9-17)23(25)26/h4-11,21H,2-3,12,14H2,1H3. The van der Waals surface area contributed by atoms with E-state index in [1.165, 1.54) is 12.1 Å². The van der Waals surface area contributed by atoms with Crippen molar-refractivity contribution in [3.63, 3.8) is 0 Å². The van der Waals surface area contributed by atoms with E-state index in [4.69, 9.17) is 5.26 Å². The molecule has 0 heterocycles. The second-order valence-electron chi connectivity index (χ2n) is 5.89. The monoisotopic (exact) mass is 352 g/mol. The molecule has 2 rings (SSSR count). The normalized spacial score (nSPS) is 10.0. The molecule has 7 heteroatoms. The van der Waals surface area contributed by atoms with Gasteiger partial charge in [-0.25, -0.2) is 0 Å². The summed E-state index contributed by atoms with van der Waals surface area (Å²) in [6, 6.07) is 15.4. The number of benzene rings is 2. The summed E-state index contributed by atoms with van der Waals surface area (Å²) in [6.07, 6.45) is 1.07. The fourth-order valence-corrected chi connectivity index (χ4v) is 2.41. The number of carbonyl (C=O) groups is 1. The molecule has 0 aliphatic rings. The number of nitro benzene ring substituents is 1. The highest BCUT2D eigenvalue weighted by Gasteiger charge is 2.09. The van der Waals surface area contributed by atoms with Gasteiger partial charge in [-0.3, -0.25) is 14.9 Å². The number of nitriles is 1. The highest BCUT2D eigenvalue weighted by atomic mass is 16.6. The Balaban J connectivity index is 1.72. The predicted octanol–water partition coefficient (Wildman–Crippen LogP) is 3.32. The molecule has 1 amide bonds. The first-order valence-electron chi connectivity index (χ1n) is 8.21. The van der Waals surface area contributed by atoms with Crippen LogP contribution in [0, 0.1) is 21.4 Å². The maximum absolute atomic E-state index is 12.2. The van der Waals surface area contributed by atoms with Crippen molar-refractivity contribution >= 4 is 17.3 Å². The molecule has 0 atom stereocenters. The smallest absolute Gasteiger partial charge is 0.269 e. The molecule has 0 saturated heterocycles. The van der Waals surface area contributed by atoms with E-state index in [0.717, 1.165) is 11.3 Å². The summed E-state index contributed by atoms with van der Waals surface area (Å²) in [5, 5.41) is 22.5. The first kappa shape index (κ1) is 18.9. The third kappa shape index (κ3) is 5.60. The maximum atomic E-state index is 12.2. The van der Waals surface area contributed by atoms with Crippen molar-refractivity contribution in [1.82, 2.24) is 4.90 Å². The molecule has 2 aromatic carbocycles. The first-order valence-corrected chi connectivity index (χ1v) is 8.21. The van der Waals surface area contributed by atoms with Gasteiger partial charge >= 0.3 is 0 Å². The average Bonchev–Trinajstić information content (AvgIpc) is 2.66. The van der Waals surface area contributed by atoms with E-state index in [1.54, 1.807) is 36.2 Å². The van der Waals surface area contributed by atoms with E-state index in [9.17, 15) is 14.9 Å². The van der Waals surface area contributed by atoms with Gasteiger partial charge in [0, 0.05) is 44.4 Å². The van der Waals surface area contributed by atoms with E-state index in [2.05, 4.69) is 11.4 Å². The predicted molar refractivity (Wildman–Crippen MR) is 98.5 cm³/mol. The Morgan fingerprint density at radius 1 is 1.19 bits per heavy atom. The SMILES string of the molecule is CN(Cc1ccc(C#N)cc1)C(=O)CCCNc1ccc([N+](=O)[O-])cc1. The number of amides is 1. The Hall–Kier alpha value is -3.40. The molecular formula is C19H20N4O3. The van der Waals surface area contributed by atoms with Crippen LogP contribution < -0.4 is 5.32 Å². The minimum Gasteiger partial charge on any atom is -0.385 e. The molecule has 1 N–H and O–H groups in total. The number of hydrogen-bond acceptors (Lipinski definition) is 5. The molecule has 0 aliphatic heterocycles. The van der Waals surface area contributed by atoms with Crippen LogP contribution in [0.1, 0.15) is 24.0 Å². The number of rotatable bonds is 8. The minimum absolute atomic E-state index is 0.0415. The van der Waals surface area contributed by atoms with Gasteiger partial charge in [-0.1, -0.05) is 12.1 Å². The molecule has 7 nitrogen and oxygen atoms in total. The summed E-state index contributed by atoms with van der Waals surface area (Å²) in [4.78, 5) is 24.0. The molecule has 26 heavy (non-hydrogen) atoms. The summed E-state index contributed by atoms with van der Waals surface area (Å²) in [5.41, 5.74) is 2.41. The topological polar surface area (TPSA) is 99.3 Å². The van der Waals surface area contributed by atoms with Gasteiger partial charge in [0.05, 0.1) is 16.6 Å². The average molecular weight is 352 g/mol. The molecule has 0 aliphatic carbocycles. The molecule has 0 saturated carbocycles. The summed E-state index contributed by atoms with van der Waals surface area (Å²) in [5.74, 6) is 0.0415. The Morgan fingerprint density at radius 2 is 1.85 bits per heavy atom. The number of carbonyl (C=O) groups excluding carboxylic acids is 1. The lowest BCUT2D eigenvalue weighted by atomic mass is 10.1. The van der Waals surface area contributed by atoms with Gasteiger partial charge < -0.3 is 10.2 Å². The van der Waals surface area contributed by atoms with Gasteiger partial charge in [-0.05, 0) is 36.2 Å². The van der Waals surface area contributed by atoms with Crippen molar-refractivity contribution < 1.29 is 9.72 Å². The van der Waals surface area contributed by atoms with Crippen LogP contribution in [-0.4, -0.2) is 29.3 Å². The van der Waals surface area contributed by atoms with E-state index in [-0.39, 0.29) is 11.6 Å². The van der Waals surface area contributed by atoms with Gasteiger partial charge in [0.2, 0.25) is 5.91 Å². The third-order valence-electron chi connectivity index (χ3n) is 3.90. The largest absolute Gasteiger partial charge is 0.385 e. The molecule has 0 bridgehead atoms. The summed E-state index contributed by atoms with van der Waals surface area (Å²) in [6.45, 7) is 1.11. The molecule has 0 aromatic heterocycles. The lowest BCUT2D eigenvalue weighted by Gasteiger charge is -2.17. The summed E-state index contributed by atoms with van der Waals surface area (Å²) < 4.78 is 0. The van der Waals surface area contributed by atoms with Crippen LogP contribution in [0.2, 0.25) is 0 Å². The molecule has 2 aromatic rings.